The van der Waals surface area contributed by atoms with Gasteiger partial charge in [-0.15, -0.1) is 0 Å². The van der Waals surface area contributed by atoms with Crippen molar-refractivity contribution in [2.75, 3.05) is 0 Å². The van der Waals surface area contributed by atoms with Gasteiger partial charge in [-0.25, -0.2) is 4.98 Å². The van der Waals surface area contributed by atoms with E-state index in [1.54, 1.807) is 18.2 Å². The number of para-hydroxylation sites is 1. The molecule has 1 aromatic carbocycles. The summed E-state index contributed by atoms with van der Waals surface area (Å²) < 4.78 is 11.2. The highest BCUT2D eigenvalue weighted by Gasteiger charge is 2.71. The maximum atomic E-state index is 12.6. The number of nitriles is 1. The van der Waals surface area contributed by atoms with Crippen molar-refractivity contribution in [3.05, 3.63) is 54.2 Å². The molecule has 2 aromatic rings. The fourth-order valence-electron chi connectivity index (χ4n) is 3.34. The van der Waals surface area contributed by atoms with Crippen LogP contribution in [-0.2, 0) is 9.53 Å². The molecular weight excluding hydrogens is 328 g/mol. The lowest BCUT2D eigenvalue weighted by Crippen LogP contribution is -2.23. The minimum atomic E-state index is -1.07. The number of hydrogen-bond donors (Lipinski definition) is 0. The summed E-state index contributed by atoms with van der Waals surface area (Å²) in [5.41, 5.74) is -0.375. The number of nitrogens with zero attached hydrogens (tertiary/aromatic N) is 2. The number of pyridine rings is 1. The summed E-state index contributed by atoms with van der Waals surface area (Å²) >= 11 is 0. The molecule has 1 heterocycles. The Kier molecular flexibility index (Phi) is 4.45. The van der Waals surface area contributed by atoms with Gasteiger partial charge >= 0.3 is 5.97 Å². The van der Waals surface area contributed by atoms with Crippen LogP contribution in [0.2, 0.25) is 0 Å². The van der Waals surface area contributed by atoms with Crippen LogP contribution < -0.4 is 4.74 Å². The molecule has 0 N–H and O–H groups in total. The minimum Gasteiger partial charge on any atom is -0.440 e. The van der Waals surface area contributed by atoms with E-state index in [2.05, 4.69) is 4.98 Å². The molecule has 3 rings (SSSR count). The maximum Gasteiger partial charge on any atom is 0.314 e. The van der Waals surface area contributed by atoms with E-state index < -0.39 is 11.5 Å². The van der Waals surface area contributed by atoms with E-state index in [0.29, 0.717) is 17.3 Å². The van der Waals surface area contributed by atoms with Crippen molar-refractivity contribution in [1.82, 2.24) is 4.98 Å². The van der Waals surface area contributed by atoms with Crippen LogP contribution in [0.4, 0.5) is 0 Å². The average molecular weight is 350 g/mol. The predicted molar refractivity (Wildman–Crippen MR) is 96.3 cm³/mol. The van der Waals surface area contributed by atoms with Gasteiger partial charge in [-0.05, 0) is 36.5 Å². The number of rotatable bonds is 5. The fraction of sp³-hybridized carbons (Fsp3) is 0.381. The van der Waals surface area contributed by atoms with Gasteiger partial charge in [0, 0.05) is 6.07 Å². The van der Waals surface area contributed by atoms with E-state index >= 15 is 0 Å². The van der Waals surface area contributed by atoms with Crippen molar-refractivity contribution in [1.29, 1.82) is 5.26 Å². The quantitative estimate of drug-likeness (QED) is 0.733. The molecule has 0 bridgehead atoms. The number of esters is 1. The molecule has 1 fully saturated rings. The molecule has 1 aromatic heterocycles. The third-order valence-corrected chi connectivity index (χ3v) is 5.95. The Bertz CT molecular complexity index is 857. The van der Waals surface area contributed by atoms with Crippen molar-refractivity contribution < 1.29 is 14.3 Å². The number of benzene rings is 1. The molecule has 1 saturated carbocycles. The van der Waals surface area contributed by atoms with Crippen molar-refractivity contribution >= 4 is 5.97 Å². The molecule has 5 heteroatoms. The Balaban J connectivity index is 1.76. The Labute approximate surface area is 153 Å². The molecule has 1 aliphatic rings. The number of aromatic nitrogens is 1. The minimum absolute atomic E-state index is 0.143. The summed E-state index contributed by atoms with van der Waals surface area (Å²) in [4.78, 5) is 17.0. The molecule has 1 aliphatic carbocycles. The van der Waals surface area contributed by atoms with Gasteiger partial charge in [0.05, 0.1) is 11.1 Å². The first-order chi connectivity index (χ1) is 12.3. The van der Waals surface area contributed by atoms with E-state index in [1.165, 1.54) is 0 Å². The lowest BCUT2D eigenvalue weighted by molar-refractivity contribution is -0.154. The summed E-state index contributed by atoms with van der Waals surface area (Å²) in [6.07, 6.45) is -1.07. The smallest absolute Gasteiger partial charge is 0.314 e. The first-order valence-corrected chi connectivity index (χ1v) is 8.61. The van der Waals surface area contributed by atoms with Gasteiger partial charge in [0.2, 0.25) is 12.0 Å². The molecule has 0 saturated heterocycles. The van der Waals surface area contributed by atoms with Crippen LogP contribution in [0.25, 0.3) is 0 Å². The largest absolute Gasteiger partial charge is 0.440 e. The van der Waals surface area contributed by atoms with E-state index in [-0.39, 0.29) is 17.3 Å². The first kappa shape index (κ1) is 17.9. The van der Waals surface area contributed by atoms with Gasteiger partial charge in [0.25, 0.3) is 0 Å². The lowest BCUT2D eigenvalue weighted by atomic mass is 9.98. The van der Waals surface area contributed by atoms with Gasteiger partial charge < -0.3 is 9.47 Å². The van der Waals surface area contributed by atoms with Gasteiger partial charge in [0.15, 0.2) is 0 Å². The Hall–Kier alpha value is -2.87. The van der Waals surface area contributed by atoms with E-state index in [4.69, 9.17) is 9.47 Å². The topological polar surface area (TPSA) is 72.2 Å². The second-order valence-corrected chi connectivity index (χ2v) is 7.38. The molecule has 0 amide bonds. The second-order valence-electron chi connectivity index (χ2n) is 7.38. The van der Waals surface area contributed by atoms with Gasteiger partial charge in [-0.3, -0.25) is 4.79 Å². The molecule has 5 nitrogen and oxygen atoms in total. The summed E-state index contributed by atoms with van der Waals surface area (Å²) in [5, 5.41) is 9.48. The molecule has 3 atom stereocenters. The molecule has 26 heavy (non-hydrogen) atoms. The van der Waals surface area contributed by atoms with E-state index in [1.807, 2.05) is 64.1 Å². The normalized spacial score (nSPS) is 24.2. The van der Waals surface area contributed by atoms with Crippen molar-refractivity contribution in [2.24, 2.45) is 16.7 Å². The molecule has 0 spiro atoms. The van der Waals surface area contributed by atoms with Crippen molar-refractivity contribution in [2.45, 2.75) is 33.8 Å². The van der Waals surface area contributed by atoms with E-state index in [0.717, 1.165) is 0 Å². The summed E-state index contributed by atoms with van der Waals surface area (Å²) in [6, 6.07) is 16.3. The molecule has 134 valence electrons. The Morgan fingerprint density at radius 1 is 1.15 bits per heavy atom. The van der Waals surface area contributed by atoms with Crippen LogP contribution in [0, 0.1) is 28.1 Å². The summed E-state index contributed by atoms with van der Waals surface area (Å²) in [5.74, 6) is 0.820. The molecule has 0 radical (unpaired) electrons. The Morgan fingerprint density at radius 2 is 1.81 bits per heavy atom. The van der Waals surface area contributed by atoms with Gasteiger partial charge in [-0.2, -0.15) is 5.26 Å². The van der Waals surface area contributed by atoms with Crippen molar-refractivity contribution in [3.8, 4) is 17.7 Å². The zero-order valence-electron chi connectivity index (χ0n) is 15.4. The number of carbonyl (C=O) groups is 1. The van der Waals surface area contributed by atoms with Crippen LogP contribution in [0.3, 0.4) is 0 Å². The van der Waals surface area contributed by atoms with Crippen LogP contribution in [0.5, 0.6) is 11.6 Å². The third kappa shape index (κ3) is 2.92. The predicted octanol–water partition coefficient (Wildman–Crippen LogP) is 4.66. The highest BCUT2D eigenvalue weighted by molar-refractivity contribution is 5.82. The Morgan fingerprint density at radius 3 is 2.38 bits per heavy atom. The van der Waals surface area contributed by atoms with E-state index in [9.17, 15) is 10.1 Å². The molecule has 1 unspecified atom stereocenters. The van der Waals surface area contributed by atoms with Crippen LogP contribution in [-0.4, -0.2) is 11.0 Å². The van der Waals surface area contributed by atoms with Crippen LogP contribution in [0.15, 0.2) is 48.5 Å². The van der Waals surface area contributed by atoms with Crippen LogP contribution >= 0.6 is 0 Å². The molecule has 0 aliphatic heterocycles. The van der Waals surface area contributed by atoms with Gasteiger partial charge in [-0.1, -0.05) is 45.0 Å². The molecular formula is C21H22N2O3. The maximum absolute atomic E-state index is 12.6. The zero-order chi connectivity index (χ0) is 18.9. The summed E-state index contributed by atoms with van der Waals surface area (Å²) in [6.45, 7) is 7.98. The van der Waals surface area contributed by atoms with Gasteiger partial charge in [0.1, 0.15) is 11.8 Å². The second kappa shape index (κ2) is 6.45. The zero-order valence-corrected chi connectivity index (χ0v) is 15.4. The fourth-order valence-corrected chi connectivity index (χ4v) is 3.34. The van der Waals surface area contributed by atoms with Crippen LogP contribution in [0.1, 0.15) is 39.5 Å². The van der Waals surface area contributed by atoms with Crippen molar-refractivity contribution in [3.63, 3.8) is 0 Å². The third-order valence-electron chi connectivity index (χ3n) is 5.95. The average Bonchev–Trinajstić information content (AvgIpc) is 3.05. The lowest BCUT2D eigenvalue weighted by Gasteiger charge is -2.17. The highest BCUT2D eigenvalue weighted by atomic mass is 16.5. The standard InChI is InChI=1S/C21H22N2O3/c1-14-20(2,3)21(14,4)19(24)26-17(13-22)16-11-8-12-18(23-16)25-15-9-6-5-7-10-15/h5-12,14,17H,1-4H3/t14-,17?,21-/m0/s1. The SMILES string of the molecule is C[C@H]1C(C)(C)[C@]1(C)C(=O)OC(C#N)c1cccc(Oc2ccccc2)n1. The summed E-state index contributed by atoms with van der Waals surface area (Å²) in [7, 11) is 0. The monoisotopic (exact) mass is 350 g/mol. The highest BCUT2D eigenvalue weighted by Crippen LogP contribution is 2.69. The first-order valence-electron chi connectivity index (χ1n) is 8.61. The number of hydrogen-bond acceptors (Lipinski definition) is 5. The number of carbonyl (C=O) groups excluding carboxylic acids is 1. The number of ether oxygens (including phenoxy) is 2.